The predicted molar refractivity (Wildman–Crippen MR) is 303 cm³/mol. The Morgan fingerprint density at radius 1 is 0.556 bits per heavy atom. The van der Waals surface area contributed by atoms with Gasteiger partial charge >= 0.3 is 0 Å². The van der Waals surface area contributed by atoms with E-state index in [4.69, 9.17) is 0 Å². The van der Waals surface area contributed by atoms with Crippen LogP contribution in [0.25, 0.3) is 0 Å². The molecule has 0 spiro atoms. The normalized spacial score (nSPS) is 43.0. The van der Waals surface area contributed by atoms with Gasteiger partial charge in [-0.25, -0.2) is 0 Å². The lowest BCUT2D eigenvalue weighted by Crippen LogP contribution is -2.41. The Morgan fingerprint density at radius 2 is 1.06 bits per heavy atom. The Labute approximate surface area is 443 Å². The lowest BCUT2D eigenvalue weighted by Gasteiger charge is -2.45. The quantitative estimate of drug-likeness (QED) is 0.173. The van der Waals surface area contributed by atoms with Crippen molar-refractivity contribution in [1.29, 1.82) is 0 Å². The van der Waals surface area contributed by atoms with Crippen LogP contribution in [0, 0.1) is 105 Å². The van der Waals surface area contributed by atoms with Gasteiger partial charge in [0.05, 0.1) is 18.3 Å². The van der Waals surface area contributed by atoms with Crippen LogP contribution in [0.5, 0.6) is 0 Å². The van der Waals surface area contributed by atoms with Crippen molar-refractivity contribution in [2.24, 2.45) is 105 Å². The molecule has 0 aromatic carbocycles. The lowest BCUT2D eigenvalue weighted by molar-refractivity contribution is -0.130. The van der Waals surface area contributed by atoms with E-state index < -0.39 is 0 Å². The first kappa shape index (κ1) is 59.7. The summed E-state index contributed by atoms with van der Waals surface area (Å²) in [5.74, 6) is 9.81. The molecule has 9 saturated carbocycles. The number of allylic oxidation sites excluding steroid dienone is 6. The summed E-state index contributed by atoms with van der Waals surface area (Å²) in [6.07, 6.45) is 36.4. The summed E-state index contributed by atoms with van der Waals surface area (Å²) in [7, 11) is 0. The van der Waals surface area contributed by atoms with Crippen molar-refractivity contribution < 1.29 is 25.2 Å². The lowest BCUT2D eigenvalue weighted by atomic mass is 9.61. The molecule has 0 heterocycles. The van der Waals surface area contributed by atoms with E-state index in [1.54, 1.807) is 5.57 Å². The minimum absolute atomic E-state index is 0.00231. The van der Waals surface area contributed by atoms with Gasteiger partial charge < -0.3 is 20.4 Å². The molecule has 9 aliphatic rings. The van der Waals surface area contributed by atoms with Gasteiger partial charge in [0.2, 0.25) is 0 Å². The van der Waals surface area contributed by atoms with Crippen LogP contribution in [0.2, 0.25) is 0 Å². The largest absolute Gasteiger partial charge is 0.396 e. The van der Waals surface area contributed by atoms with Crippen molar-refractivity contribution in [2.75, 3.05) is 6.61 Å². The topological polar surface area (TPSA) is 98.0 Å². The number of hydrogen-bond donors (Lipinski definition) is 4. The number of fused-ring (bicyclic) bond motifs is 4. The van der Waals surface area contributed by atoms with Gasteiger partial charge in [-0.05, 0) is 233 Å². The standard InChI is InChI=1S/C28H44O.C13H24O2.C13H24O.C13H22O/c1-19(2)20(3)9-10-22(5)26-15-16-27-23(8-7-17-28(26,27)6)12-13-24-18-25(29)14-11-21(24)4;1-9(8-14)10-5-6-11-12(15)4-3-7-13(10,11)2;2*1-9(2)10-6-7-11-12(14)5-4-8-13(10,11)3/h9-10,12-13,19-20,22,25-27,29H,4,7-8,11,14-18H2,1-3,5-6H3;9-12,14-15H,3-8H2,1-2H3;9-12,14H,4-8H2,1-3H3;9-11H,4-8H2,1-3H3/b10-9+,23-12+,24-13-;;;/t20-,22+,25-,26+,27-,28+;9-,10-,11+,12+,13-;10-,11+,12+,13-;10-,11+,13-/m0111/s1. The van der Waals surface area contributed by atoms with Gasteiger partial charge in [0.15, 0.2) is 0 Å². The van der Waals surface area contributed by atoms with Crippen LogP contribution in [0.1, 0.15) is 238 Å². The Morgan fingerprint density at radius 3 is 1.64 bits per heavy atom. The second-order valence-corrected chi connectivity index (χ2v) is 28.6. The summed E-state index contributed by atoms with van der Waals surface area (Å²) in [6, 6.07) is 0. The predicted octanol–water partition coefficient (Wildman–Crippen LogP) is 16.5. The fourth-order valence-electron chi connectivity index (χ4n) is 18.8. The van der Waals surface area contributed by atoms with E-state index in [9.17, 15) is 25.2 Å². The van der Waals surface area contributed by atoms with E-state index in [-0.39, 0.29) is 18.3 Å². The highest BCUT2D eigenvalue weighted by atomic mass is 16.3. The van der Waals surface area contributed by atoms with E-state index >= 15 is 0 Å². The molecule has 0 aliphatic heterocycles. The molecule has 9 rings (SSSR count). The molecule has 0 bridgehead atoms. The number of rotatable bonds is 9. The molecule has 9 fully saturated rings. The number of aliphatic hydroxyl groups excluding tert-OH is 4. The maximum Gasteiger partial charge on any atom is 0.136 e. The first-order chi connectivity index (χ1) is 33.9. The smallest absolute Gasteiger partial charge is 0.136 e. The zero-order valence-corrected chi connectivity index (χ0v) is 49.0. The molecule has 18 atom stereocenters. The van der Waals surface area contributed by atoms with Crippen LogP contribution in [-0.4, -0.2) is 51.1 Å². The second kappa shape index (κ2) is 25.3. The number of Topliss-reactive ketones (excluding diaryl/α,β-unsaturated/α-hetero) is 1. The maximum absolute atomic E-state index is 11.8. The Balaban J connectivity index is 0.000000167. The highest BCUT2D eigenvalue weighted by Gasteiger charge is 2.54. The van der Waals surface area contributed by atoms with E-state index in [0.717, 1.165) is 106 Å². The average Bonchev–Trinajstić information content (AvgIpc) is 4.09. The molecular weight excluding hydrogens is 885 g/mol. The average molecular weight is 1000 g/mol. The van der Waals surface area contributed by atoms with E-state index in [1.165, 1.54) is 94.6 Å². The van der Waals surface area contributed by atoms with Gasteiger partial charge in [-0.15, -0.1) is 0 Å². The number of carbonyl (C=O) groups is 1. The van der Waals surface area contributed by atoms with Gasteiger partial charge in [-0.3, -0.25) is 4.79 Å². The molecule has 0 saturated heterocycles. The SMILES string of the molecule is C=C1CC[C@H](O)C/C1=C/C=C1\CCC[C@]2(C)[C@@H]([C@H](C)/C=C/[C@H](C)C(C)C)CC[C@@H]12.CC(C)[C@H]1CC[C@H]2C(=O)CCC[C@]12C.CC(C)[C@H]1CC[C@H]2[C@@H](O)CCC[C@]12C.C[C@H](CO)[C@H]1CC[C@H]2[C@@H](O)CCC[C@]12C. The van der Waals surface area contributed by atoms with Gasteiger partial charge in [-0.1, -0.05) is 145 Å². The number of ketones is 1. The summed E-state index contributed by atoms with van der Waals surface area (Å²) in [5.41, 5.74) is 5.70. The zero-order valence-electron chi connectivity index (χ0n) is 49.0. The number of carbonyl (C=O) groups excluding carboxylic acids is 1. The number of aliphatic hydroxyl groups is 4. The van der Waals surface area contributed by atoms with E-state index in [1.807, 2.05) is 0 Å². The van der Waals surface area contributed by atoms with Crippen LogP contribution in [0.4, 0.5) is 0 Å². The first-order valence-electron chi connectivity index (χ1n) is 30.9. The summed E-state index contributed by atoms with van der Waals surface area (Å²) in [4.78, 5) is 11.8. The molecule has 5 heteroatoms. The van der Waals surface area contributed by atoms with Gasteiger partial charge in [0.1, 0.15) is 5.78 Å². The molecular formula is C67H114O5. The molecule has 0 aromatic rings. The van der Waals surface area contributed by atoms with Crippen molar-refractivity contribution in [3.05, 3.63) is 47.6 Å². The molecule has 9 aliphatic carbocycles. The van der Waals surface area contributed by atoms with Crippen LogP contribution in [0.15, 0.2) is 47.6 Å². The first-order valence-corrected chi connectivity index (χ1v) is 30.9. The van der Waals surface area contributed by atoms with Crippen molar-refractivity contribution in [3.8, 4) is 0 Å². The van der Waals surface area contributed by atoms with Crippen molar-refractivity contribution >= 4 is 5.78 Å². The van der Waals surface area contributed by atoms with Crippen molar-refractivity contribution in [1.82, 2.24) is 0 Å². The Kier molecular flexibility index (Phi) is 21.0. The highest BCUT2D eigenvalue weighted by Crippen LogP contribution is 2.61. The van der Waals surface area contributed by atoms with Crippen molar-refractivity contribution in [2.45, 2.75) is 256 Å². The molecule has 0 radical (unpaired) electrons. The Hall–Kier alpha value is -1.53. The molecule has 0 unspecified atom stereocenters. The van der Waals surface area contributed by atoms with E-state index in [0.29, 0.717) is 75.5 Å². The summed E-state index contributed by atoms with van der Waals surface area (Å²) < 4.78 is 0. The fraction of sp³-hybridized carbons (Fsp3) is 0.866. The second-order valence-electron chi connectivity index (χ2n) is 28.6. The van der Waals surface area contributed by atoms with Crippen LogP contribution in [-0.2, 0) is 4.79 Å². The molecule has 0 amide bonds. The molecule has 72 heavy (non-hydrogen) atoms. The zero-order chi connectivity index (χ0) is 52.9. The van der Waals surface area contributed by atoms with Crippen LogP contribution >= 0.6 is 0 Å². The van der Waals surface area contributed by atoms with Gasteiger partial charge in [0.25, 0.3) is 0 Å². The van der Waals surface area contributed by atoms with Crippen LogP contribution < -0.4 is 0 Å². The maximum atomic E-state index is 11.8. The van der Waals surface area contributed by atoms with Gasteiger partial charge in [-0.2, -0.15) is 0 Å². The summed E-state index contributed by atoms with van der Waals surface area (Å²) in [5, 5.41) is 39.4. The highest BCUT2D eigenvalue weighted by molar-refractivity contribution is 5.83. The Bertz CT molecular complexity index is 1850. The third-order valence-corrected chi connectivity index (χ3v) is 23.5. The molecule has 5 nitrogen and oxygen atoms in total. The van der Waals surface area contributed by atoms with Gasteiger partial charge in [0, 0.05) is 18.9 Å². The van der Waals surface area contributed by atoms with Crippen molar-refractivity contribution in [3.63, 3.8) is 0 Å². The third-order valence-electron chi connectivity index (χ3n) is 23.5. The van der Waals surface area contributed by atoms with E-state index in [2.05, 4.69) is 121 Å². The third kappa shape index (κ3) is 12.9. The molecule has 0 aromatic heterocycles. The fourth-order valence-corrected chi connectivity index (χ4v) is 18.8. The molecule has 412 valence electrons. The monoisotopic (exact) mass is 999 g/mol. The summed E-state index contributed by atoms with van der Waals surface area (Å²) >= 11 is 0. The van der Waals surface area contributed by atoms with Crippen LogP contribution in [0.3, 0.4) is 0 Å². The summed E-state index contributed by atoms with van der Waals surface area (Å²) in [6.45, 7) is 35.2. The minimum Gasteiger partial charge on any atom is -0.396 e. The number of hydrogen-bond acceptors (Lipinski definition) is 5. The molecule has 4 N–H and O–H groups in total. The minimum atomic E-state index is -0.182.